The molecule has 3 aliphatic heterocycles. The van der Waals surface area contributed by atoms with Gasteiger partial charge < -0.3 is 58.7 Å². The van der Waals surface area contributed by atoms with Crippen LogP contribution in [0.1, 0.15) is 196 Å². The van der Waals surface area contributed by atoms with Gasteiger partial charge in [-0.05, 0) is 176 Å². The number of hydrogen-bond donors (Lipinski definition) is 5. The Labute approximate surface area is 764 Å². The number of fused-ring (bicyclic) bond motifs is 11. The van der Waals surface area contributed by atoms with Gasteiger partial charge in [0.15, 0.2) is 23.2 Å². The molecule has 25 nitrogen and oxygen atoms in total. The molecule has 1 amide bonds. The quantitative estimate of drug-likeness (QED) is 0.00512. The van der Waals surface area contributed by atoms with Crippen molar-refractivity contribution in [1.29, 1.82) is 0 Å². The molecule has 7 aliphatic rings. The number of unbranched alkanes of at least 4 members (excludes halogenated alkanes) is 4. The van der Waals surface area contributed by atoms with Gasteiger partial charge in [0.1, 0.15) is 36.5 Å². The van der Waals surface area contributed by atoms with Crippen LogP contribution in [0.4, 0.5) is 11.4 Å². The number of anilines is 1. The normalized spacial score (nSPS) is 25.0. The van der Waals surface area contributed by atoms with Crippen molar-refractivity contribution in [3.8, 4) is 0 Å². The topological polar surface area (TPSA) is 357 Å². The molecule has 0 spiro atoms. The summed E-state index contributed by atoms with van der Waals surface area (Å²) in [6.45, 7) is 18.0. The number of nitrogens with zero attached hydrogens (tertiary/aromatic N) is 2. The van der Waals surface area contributed by atoms with Crippen molar-refractivity contribution in [3.05, 3.63) is 250 Å². The molecule has 127 heavy (non-hydrogen) atoms. The first-order chi connectivity index (χ1) is 59.8. The second-order valence-electron chi connectivity index (χ2n) is 36.2. The van der Waals surface area contributed by atoms with Gasteiger partial charge in [0, 0.05) is 110 Å². The van der Waals surface area contributed by atoms with Crippen molar-refractivity contribution in [2.45, 2.75) is 217 Å². The van der Waals surface area contributed by atoms with Gasteiger partial charge in [-0.1, -0.05) is 168 Å². The maximum Gasteiger partial charge on any atom is 1.00 e. The van der Waals surface area contributed by atoms with Crippen LogP contribution in [0.15, 0.2) is 222 Å². The van der Waals surface area contributed by atoms with Crippen molar-refractivity contribution in [2.75, 3.05) is 42.6 Å². The summed E-state index contributed by atoms with van der Waals surface area (Å²) < 4.78 is 110. The van der Waals surface area contributed by atoms with Crippen molar-refractivity contribution in [1.82, 2.24) is 10.6 Å². The number of esters is 5. The molecule has 0 aromatic heterocycles. The number of carbonyl (C=O) groups excluding carboxylic acids is 7. The van der Waals surface area contributed by atoms with Crippen molar-refractivity contribution < 1.29 is 132 Å². The molecule has 2 bridgehead atoms. The average Bonchev–Trinajstić information content (AvgIpc) is 1.31. The van der Waals surface area contributed by atoms with E-state index in [2.05, 4.69) is 121 Å². The maximum atomic E-state index is 16.2. The van der Waals surface area contributed by atoms with E-state index in [1.54, 1.807) is 92.7 Å². The van der Waals surface area contributed by atoms with Crippen LogP contribution in [0.2, 0.25) is 0 Å². The number of ether oxygens (including phenoxy) is 6. The molecule has 14 rings (SSSR count). The van der Waals surface area contributed by atoms with Gasteiger partial charge in [-0.3, -0.25) is 28.5 Å². The molecular weight excluding hydrogens is 1670 g/mol. The molecule has 28 heteroatoms. The number of aliphatic hydroxyl groups excluding tert-OH is 1. The molecule has 666 valence electrons. The van der Waals surface area contributed by atoms with Gasteiger partial charge in [-0.15, -0.1) is 0 Å². The number of allylic oxidation sites excluding steroid dienone is 7. The van der Waals surface area contributed by atoms with Gasteiger partial charge in [0.05, 0.1) is 50.9 Å². The Kier molecular flexibility index (Phi) is 28.5. The van der Waals surface area contributed by atoms with E-state index in [9.17, 15) is 55.3 Å². The van der Waals surface area contributed by atoms with E-state index >= 15 is 14.4 Å². The number of carbonyl (C=O) groups is 7. The molecule has 4 aliphatic carbocycles. The van der Waals surface area contributed by atoms with Crippen LogP contribution in [0.25, 0.3) is 21.5 Å². The average molecular weight is 1780 g/mol. The summed E-state index contributed by atoms with van der Waals surface area (Å²) in [5.41, 5.74) is 0.221. The summed E-state index contributed by atoms with van der Waals surface area (Å²) in [7, 11) is -8.66. The van der Waals surface area contributed by atoms with Crippen molar-refractivity contribution in [3.63, 3.8) is 0 Å². The van der Waals surface area contributed by atoms with Gasteiger partial charge >= 0.3 is 59.4 Å². The Morgan fingerprint density at radius 1 is 0.693 bits per heavy atom. The zero-order valence-electron chi connectivity index (χ0n) is 73.9. The van der Waals surface area contributed by atoms with Crippen LogP contribution < -0.4 is 45.1 Å². The Morgan fingerprint density at radius 3 is 1.96 bits per heavy atom. The minimum Gasteiger partial charge on any atom is -0.748 e. The monoisotopic (exact) mass is 1780 g/mol. The molecule has 0 unspecified atom stereocenters. The maximum absolute atomic E-state index is 16.2. The van der Waals surface area contributed by atoms with E-state index < -0.39 is 155 Å². The van der Waals surface area contributed by atoms with E-state index in [-0.39, 0.29) is 96.3 Å². The number of amides is 1. The Morgan fingerprint density at radius 2 is 1.32 bits per heavy atom. The Balaban J connectivity index is 0.0000138. The molecule has 2 saturated carbocycles. The van der Waals surface area contributed by atoms with Crippen LogP contribution in [-0.2, 0) is 83.5 Å². The van der Waals surface area contributed by atoms with Crippen LogP contribution in [-0.4, -0.2) is 174 Å². The fourth-order valence-corrected chi connectivity index (χ4v) is 21.9. The van der Waals surface area contributed by atoms with E-state index in [1.165, 1.54) is 26.0 Å². The number of Topliss-reactive ketones (excluding diaryl/α,β-unsaturated/α-hetero) is 1. The van der Waals surface area contributed by atoms with Crippen LogP contribution in [0, 0.1) is 16.7 Å². The molecular formula is C99H112N4NaO21S2+. The molecule has 7 aromatic carbocycles. The number of nitrogens with one attached hydrogen (secondary N) is 2. The number of ketones is 1. The summed E-state index contributed by atoms with van der Waals surface area (Å²) in [5.74, 6) is -8.94. The fourth-order valence-electron chi connectivity index (χ4n) is 20.8. The van der Waals surface area contributed by atoms with Crippen LogP contribution >= 0.6 is 0 Å². The van der Waals surface area contributed by atoms with Crippen LogP contribution in [0.3, 0.4) is 0 Å². The number of rotatable bonds is 31. The fraction of sp³-hybridized carbons (Fsp3) is 0.434. The first-order valence-electron chi connectivity index (χ1n) is 43.4. The van der Waals surface area contributed by atoms with E-state index in [0.29, 0.717) is 63.7 Å². The minimum absolute atomic E-state index is 0. The first kappa shape index (κ1) is 94.8. The summed E-state index contributed by atoms with van der Waals surface area (Å²) in [6.07, 6.45) is 1.85. The number of aliphatic hydroxyl groups is 2. The van der Waals surface area contributed by atoms with Crippen LogP contribution in [0.5, 0.6) is 0 Å². The predicted octanol–water partition coefficient (Wildman–Crippen LogP) is 11.4. The minimum atomic E-state index is -4.46. The zero-order chi connectivity index (χ0) is 90.2. The standard InChI is InChI=1S/C99H112N4O21S2.Na/c1-61-75(59-99(112)90(123-92(110)70-38-19-13-20-39-70)88-97(10,78(106)58-79-98(88,60-119-79)124-63(3)105)89(108)86(120-62(2)104)81(61)96(99,8)9)121-93(111)87(85(66-34-15-11-16-35-66)101-91(109)69-36-17-12-18-37-69)122-80(107)44-21-14-26-53-100-84-67(47-51-76-94(4,5)82-71-42-24-22-32-64(71)45-49-73(82)102(76)54-27-29-56-125(113,114)115)40-31-41-68(84)48-52-77-95(6,7)83-72-43-25-23-33-65(72)46-50-74(83)103(77)55-28-30-57-126(116,117)118;/h11-13,15-20,22-25,32-39,42-43,45-52,75,78-79,85-88,90,106,112H,14,21,26-31,40-41,44,53-60H2,1-10H3,(H3,101,109,113,114,115,116,117,118);/q;+1/b67-47+,76-51+;/t75-,78-,79+,85-,86+,87+,88-,90-,97+,98-,99+;/m0./s1. The number of benzene rings is 7. The summed E-state index contributed by atoms with van der Waals surface area (Å²) in [6, 6.07) is 47.7. The molecule has 7 aromatic rings. The van der Waals surface area contributed by atoms with Gasteiger partial charge in [-0.2, -0.15) is 13.0 Å². The molecule has 3 heterocycles. The molecule has 0 radical (unpaired) electrons. The molecule has 5 N–H and O–H groups in total. The van der Waals surface area contributed by atoms with E-state index in [0.717, 1.165) is 92.6 Å². The number of hydrogen-bond acceptors (Lipinski definition) is 22. The molecule has 3 fully saturated rings. The van der Waals surface area contributed by atoms with Gasteiger partial charge in [-0.25, -0.2) is 18.0 Å². The second-order valence-corrected chi connectivity index (χ2v) is 39.2. The van der Waals surface area contributed by atoms with E-state index in [4.69, 9.17) is 28.4 Å². The molecule has 11 atom stereocenters. The van der Waals surface area contributed by atoms with Crippen molar-refractivity contribution in [2.24, 2.45) is 16.7 Å². The van der Waals surface area contributed by atoms with Gasteiger partial charge in [0.2, 0.25) is 11.8 Å². The molecule has 1 saturated heterocycles. The van der Waals surface area contributed by atoms with E-state index in [1.807, 2.05) is 24.3 Å². The Bertz CT molecular complexity index is 5870. The third kappa shape index (κ3) is 19.0. The third-order valence-corrected chi connectivity index (χ3v) is 28.7. The Hall–Kier alpha value is -9.78. The summed E-state index contributed by atoms with van der Waals surface area (Å²) in [5, 5.41) is 38.0. The largest absolute Gasteiger partial charge is 1.00 e. The summed E-state index contributed by atoms with van der Waals surface area (Å²) >= 11 is 0. The second kappa shape index (κ2) is 38.1. The summed E-state index contributed by atoms with van der Waals surface area (Å²) in [4.78, 5) is 106. The van der Waals surface area contributed by atoms with Gasteiger partial charge in [0.25, 0.3) is 16.0 Å². The third-order valence-electron chi connectivity index (χ3n) is 27.1. The van der Waals surface area contributed by atoms with Crippen molar-refractivity contribution >= 4 is 100 Å². The zero-order valence-corrected chi connectivity index (χ0v) is 77.5. The smallest absolute Gasteiger partial charge is 0.748 e. The predicted molar refractivity (Wildman–Crippen MR) is 475 cm³/mol. The SMILES string of the molecule is CC(=O)O[C@H]1C(=O)[C@@]2(C)[C@H]([C@H](OC(=O)c3ccccc3)[C@]3(O)C[C@H](OC(=O)[C@H](OC(=O)CCCCCNC4=C(/C=C/C5=[N+](CCCCS(=O)(=O)[O-])c6ccc7ccccc7c6C5(C)C)CCC/C4=C\C=C4\N(CCCCS(=O)(=O)O)c5ccc6ccccc6c5C4(C)C)[C@@H](NC(=O)c4ccccc4)c4ccccc4)C(C)=C1C3(C)C)[C@]1(OC(C)=O)CO[C@@H]1C[C@@H]2O.[Na+]. The first-order valence-corrected chi connectivity index (χ1v) is 46.6.